The van der Waals surface area contributed by atoms with E-state index in [-0.39, 0.29) is 17.9 Å². The number of ether oxygens (including phenoxy) is 2. The number of nitrogens with one attached hydrogen (secondary N) is 1. The molecule has 0 unspecified atom stereocenters. The van der Waals surface area contributed by atoms with E-state index in [1.165, 1.54) is 24.3 Å². The van der Waals surface area contributed by atoms with Gasteiger partial charge in [-0.05, 0) is 12.3 Å². The van der Waals surface area contributed by atoms with Crippen molar-refractivity contribution in [1.29, 1.82) is 0 Å². The van der Waals surface area contributed by atoms with Crippen molar-refractivity contribution in [2.75, 3.05) is 7.11 Å². The van der Waals surface area contributed by atoms with Crippen LogP contribution in [0.1, 0.15) is 31.9 Å². The standard InChI is InChI=1S/C17H20F3NO5/c1-10(2)9-12(15(23)25-3)21-14(22)13(11-7-5-4-6-8-11)26-16(24)17(18,19)20/h4-8,10,12-13H,9H2,1-3H3,(H,21,22)/t12-,13+/m0/s1. The number of alkyl halides is 3. The van der Waals surface area contributed by atoms with Crippen LogP contribution in [0.5, 0.6) is 0 Å². The highest BCUT2D eigenvalue weighted by molar-refractivity contribution is 5.89. The van der Waals surface area contributed by atoms with Gasteiger partial charge in [0.1, 0.15) is 6.04 Å². The molecule has 0 heterocycles. The van der Waals surface area contributed by atoms with Crippen LogP contribution in [0, 0.1) is 5.92 Å². The van der Waals surface area contributed by atoms with Gasteiger partial charge in [-0.15, -0.1) is 0 Å². The second kappa shape index (κ2) is 9.21. The molecule has 0 aromatic heterocycles. The number of esters is 2. The maximum Gasteiger partial charge on any atom is 0.490 e. The van der Waals surface area contributed by atoms with Crippen LogP contribution in [0.25, 0.3) is 0 Å². The third-order valence-electron chi connectivity index (χ3n) is 3.31. The molecule has 1 N–H and O–H groups in total. The topological polar surface area (TPSA) is 81.7 Å². The molecule has 26 heavy (non-hydrogen) atoms. The Hall–Kier alpha value is -2.58. The predicted octanol–water partition coefficient (Wildman–Crippen LogP) is 2.54. The largest absolute Gasteiger partial charge is 0.490 e. The van der Waals surface area contributed by atoms with Crippen molar-refractivity contribution < 1.29 is 37.0 Å². The summed E-state index contributed by atoms with van der Waals surface area (Å²) in [5.41, 5.74) is 0.0377. The summed E-state index contributed by atoms with van der Waals surface area (Å²) < 4.78 is 46.5. The SMILES string of the molecule is COC(=O)[C@H](CC(C)C)NC(=O)[C@H](OC(=O)C(F)(F)F)c1ccccc1. The summed E-state index contributed by atoms with van der Waals surface area (Å²) in [7, 11) is 1.13. The fraction of sp³-hybridized carbons (Fsp3) is 0.471. The van der Waals surface area contributed by atoms with E-state index in [1.54, 1.807) is 19.9 Å². The summed E-state index contributed by atoms with van der Waals surface area (Å²) in [6.07, 6.45) is -6.91. The van der Waals surface area contributed by atoms with Gasteiger partial charge in [0, 0.05) is 5.56 Å². The van der Waals surface area contributed by atoms with E-state index in [1.807, 2.05) is 0 Å². The third kappa shape index (κ3) is 6.38. The van der Waals surface area contributed by atoms with Crippen molar-refractivity contribution in [3.05, 3.63) is 35.9 Å². The monoisotopic (exact) mass is 375 g/mol. The summed E-state index contributed by atoms with van der Waals surface area (Å²) in [5, 5.41) is 2.30. The molecule has 1 aromatic carbocycles. The van der Waals surface area contributed by atoms with Crippen molar-refractivity contribution in [3.63, 3.8) is 0 Å². The first-order valence-corrected chi connectivity index (χ1v) is 7.77. The van der Waals surface area contributed by atoms with E-state index in [2.05, 4.69) is 14.8 Å². The van der Waals surface area contributed by atoms with Crippen molar-refractivity contribution in [2.24, 2.45) is 5.92 Å². The molecule has 0 aliphatic heterocycles. The highest BCUT2D eigenvalue weighted by Crippen LogP contribution is 2.24. The Morgan fingerprint density at radius 2 is 1.69 bits per heavy atom. The third-order valence-corrected chi connectivity index (χ3v) is 3.31. The molecule has 0 aliphatic carbocycles. The average Bonchev–Trinajstić information content (AvgIpc) is 2.57. The van der Waals surface area contributed by atoms with Gasteiger partial charge in [-0.3, -0.25) is 4.79 Å². The Bertz CT molecular complexity index is 631. The molecule has 0 saturated carbocycles. The van der Waals surface area contributed by atoms with Gasteiger partial charge >= 0.3 is 18.1 Å². The summed E-state index contributed by atoms with van der Waals surface area (Å²) >= 11 is 0. The van der Waals surface area contributed by atoms with Gasteiger partial charge in [0.2, 0.25) is 6.10 Å². The number of halogens is 3. The molecule has 0 aliphatic rings. The Kier molecular flexibility index (Phi) is 7.60. The van der Waals surface area contributed by atoms with Gasteiger partial charge in [0.05, 0.1) is 7.11 Å². The number of rotatable bonds is 7. The average molecular weight is 375 g/mol. The first-order valence-electron chi connectivity index (χ1n) is 7.77. The van der Waals surface area contributed by atoms with E-state index in [9.17, 15) is 27.6 Å². The Morgan fingerprint density at radius 1 is 1.12 bits per heavy atom. The molecular formula is C17H20F3NO5. The van der Waals surface area contributed by atoms with Gasteiger partial charge in [0.15, 0.2) is 0 Å². The Balaban J connectivity index is 3.06. The van der Waals surface area contributed by atoms with Crippen LogP contribution in [0.3, 0.4) is 0 Å². The number of carbonyl (C=O) groups excluding carboxylic acids is 3. The van der Waals surface area contributed by atoms with E-state index < -0.39 is 36.2 Å². The molecule has 2 atom stereocenters. The minimum Gasteiger partial charge on any atom is -0.467 e. The zero-order valence-electron chi connectivity index (χ0n) is 14.5. The van der Waals surface area contributed by atoms with Crippen LogP contribution in [0.4, 0.5) is 13.2 Å². The molecule has 0 saturated heterocycles. The number of benzene rings is 1. The summed E-state index contributed by atoms with van der Waals surface area (Å²) in [6, 6.07) is 6.13. The predicted molar refractivity (Wildman–Crippen MR) is 84.7 cm³/mol. The molecule has 9 heteroatoms. The normalized spacial score (nSPS) is 13.7. The van der Waals surface area contributed by atoms with Crippen molar-refractivity contribution in [1.82, 2.24) is 5.32 Å². The van der Waals surface area contributed by atoms with Gasteiger partial charge in [0.25, 0.3) is 5.91 Å². The lowest BCUT2D eigenvalue weighted by molar-refractivity contribution is -0.205. The van der Waals surface area contributed by atoms with Crippen LogP contribution in [0.15, 0.2) is 30.3 Å². The van der Waals surface area contributed by atoms with Crippen LogP contribution < -0.4 is 5.32 Å². The zero-order valence-corrected chi connectivity index (χ0v) is 14.5. The second-order valence-corrected chi connectivity index (χ2v) is 5.91. The minimum atomic E-state index is -5.26. The quantitative estimate of drug-likeness (QED) is 0.741. The van der Waals surface area contributed by atoms with Crippen LogP contribution in [-0.2, 0) is 23.9 Å². The molecular weight excluding hydrogens is 355 g/mol. The number of amides is 1. The zero-order chi connectivity index (χ0) is 19.9. The Morgan fingerprint density at radius 3 is 2.15 bits per heavy atom. The molecule has 6 nitrogen and oxygen atoms in total. The van der Waals surface area contributed by atoms with Crippen LogP contribution in [-0.4, -0.2) is 37.2 Å². The van der Waals surface area contributed by atoms with Gasteiger partial charge in [-0.25, -0.2) is 9.59 Å². The minimum absolute atomic E-state index is 0.00713. The number of hydrogen-bond acceptors (Lipinski definition) is 5. The molecule has 1 amide bonds. The molecule has 0 radical (unpaired) electrons. The maximum atomic E-state index is 12.5. The van der Waals surface area contributed by atoms with Gasteiger partial charge in [-0.1, -0.05) is 44.2 Å². The highest BCUT2D eigenvalue weighted by atomic mass is 19.4. The number of carbonyl (C=O) groups is 3. The highest BCUT2D eigenvalue weighted by Gasteiger charge is 2.44. The Labute approximate surface area is 148 Å². The van der Waals surface area contributed by atoms with Crippen molar-refractivity contribution >= 4 is 17.8 Å². The second-order valence-electron chi connectivity index (χ2n) is 5.91. The molecule has 144 valence electrons. The molecule has 0 fully saturated rings. The van der Waals surface area contributed by atoms with Gasteiger partial charge < -0.3 is 14.8 Å². The molecule has 1 rings (SSSR count). The first-order chi connectivity index (χ1) is 12.1. The van der Waals surface area contributed by atoms with Crippen LogP contribution in [0.2, 0.25) is 0 Å². The summed E-state index contributed by atoms with van der Waals surface area (Å²) in [4.78, 5) is 35.4. The molecule has 0 bridgehead atoms. The van der Waals surface area contributed by atoms with Crippen LogP contribution >= 0.6 is 0 Å². The summed E-state index contributed by atoms with van der Waals surface area (Å²) in [6.45, 7) is 3.58. The van der Waals surface area contributed by atoms with E-state index in [0.717, 1.165) is 7.11 Å². The number of hydrogen-bond donors (Lipinski definition) is 1. The first kappa shape index (κ1) is 21.5. The number of methoxy groups -OCH3 is 1. The lowest BCUT2D eigenvalue weighted by Crippen LogP contribution is -2.45. The molecule has 0 spiro atoms. The smallest absolute Gasteiger partial charge is 0.467 e. The maximum absolute atomic E-state index is 12.5. The fourth-order valence-electron chi connectivity index (χ4n) is 2.15. The van der Waals surface area contributed by atoms with E-state index >= 15 is 0 Å². The lowest BCUT2D eigenvalue weighted by atomic mass is 10.0. The van der Waals surface area contributed by atoms with E-state index in [4.69, 9.17) is 0 Å². The van der Waals surface area contributed by atoms with Gasteiger partial charge in [-0.2, -0.15) is 13.2 Å². The lowest BCUT2D eigenvalue weighted by Gasteiger charge is -2.23. The van der Waals surface area contributed by atoms with E-state index in [0.29, 0.717) is 0 Å². The fourth-order valence-corrected chi connectivity index (χ4v) is 2.15. The van der Waals surface area contributed by atoms with Crippen molar-refractivity contribution in [3.8, 4) is 0 Å². The summed E-state index contributed by atoms with van der Waals surface area (Å²) in [5.74, 6) is -4.31. The molecule has 1 aromatic rings. The van der Waals surface area contributed by atoms with Crippen molar-refractivity contribution in [2.45, 2.75) is 38.6 Å².